The van der Waals surface area contributed by atoms with E-state index in [-0.39, 0.29) is 11.4 Å². The molecule has 1 aromatic rings. The molecule has 1 aromatic carbocycles. The van der Waals surface area contributed by atoms with Gasteiger partial charge in [-0.15, -0.1) is 0 Å². The summed E-state index contributed by atoms with van der Waals surface area (Å²) in [7, 11) is -3.92. The molecule has 108 valence electrons. The molecule has 1 aliphatic rings. The second-order valence-electron chi connectivity index (χ2n) is 4.31. The van der Waals surface area contributed by atoms with E-state index in [4.69, 9.17) is 5.84 Å². The van der Waals surface area contributed by atoms with Crippen LogP contribution in [0, 0.1) is 0 Å². The summed E-state index contributed by atoms with van der Waals surface area (Å²) >= 11 is 0. The smallest absolute Gasteiger partial charge is 0.244 e. The highest BCUT2D eigenvalue weighted by Gasteiger charge is 2.38. The van der Waals surface area contributed by atoms with Crippen molar-refractivity contribution >= 4 is 27.5 Å². The molecule has 1 heterocycles. The average Bonchev–Trinajstić information content (AvgIpc) is 2.42. The molecule has 8 nitrogen and oxygen atoms in total. The van der Waals surface area contributed by atoms with Gasteiger partial charge in [-0.2, -0.15) is 4.31 Å². The van der Waals surface area contributed by atoms with Gasteiger partial charge in [0.15, 0.2) is 0 Å². The molecule has 2 amide bonds. The molecule has 9 heteroatoms. The van der Waals surface area contributed by atoms with Gasteiger partial charge in [0.2, 0.25) is 21.8 Å². The van der Waals surface area contributed by atoms with Crippen LogP contribution < -0.4 is 16.6 Å². The fourth-order valence-corrected chi connectivity index (χ4v) is 3.39. The standard InChI is InChI=1S/C11H14N4O4S/c1-7-11(17)13-10(16)6-15(7)20(18,19)9-4-2-8(14-12)3-5-9/h2-5,7,14H,6,12H2,1H3,(H,13,16,17). The van der Waals surface area contributed by atoms with Gasteiger partial charge in [-0.3, -0.25) is 20.7 Å². The van der Waals surface area contributed by atoms with Crippen LogP contribution in [0.3, 0.4) is 0 Å². The molecule has 0 saturated carbocycles. The lowest BCUT2D eigenvalue weighted by Crippen LogP contribution is -2.58. The number of nitrogens with two attached hydrogens (primary N) is 1. The number of nitrogens with zero attached hydrogens (tertiary/aromatic N) is 1. The summed E-state index contributed by atoms with van der Waals surface area (Å²) in [6.45, 7) is 1.04. The van der Waals surface area contributed by atoms with E-state index < -0.39 is 27.9 Å². The van der Waals surface area contributed by atoms with Crippen LogP contribution in [0.25, 0.3) is 0 Å². The van der Waals surface area contributed by atoms with Crippen molar-refractivity contribution in [2.45, 2.75) is 17.9 Å². The van der Waals surface area contributed by atoms with Crippen LogP contribution in [0.5, 0.6) is 0 Å². The van der Waals surface area contributed by atoms with E-state index in [0.717, 1.165) is 4.31 Å². The van der Waals surface area contributed by atoms with Crippen molar-refractivity contribution in [1.82, 2.24) is 9.62 Å². The minimum Gasteiger partial charge on any atom is -0.324 e. The predicted octanol–water partition coefficient (Wildman–Crippen LogP) is -0.992. The number of anilines is 1. The van der Waals surface area contributed by atoms with Crippen LogP contribution in [0.15, 0.2) is 29.2 Å². The van der Waals surface area contributed by atoms with E-state index in [1.807, 2.05) is 0 Å². The SMILES string of the molecule is CC1C(=O)NC(=O)CN1S(=O)(=O)c1ccc(NN)cc1. The predicted molar refractivity (Wildman–Crippen MR) is 70.8 cm³/mol. The first-order valence-corrected chi connectivity index (χ1v) is 7.22. The van der Waals surface area contributed by atoms with Crippen molar-refractivity contribution in [3.8, 4) is 0 Å². The molecular formula is C11H14N4O4S. The van der Waals surface area contributed by atoms with E-state index in [9.17, 15) is 18.0 Å². The second-order valence-corrected chi connectivity index (χ2v) is 6.20. The number of sulfonamides is 1. The van der Waals surface area contributed by atoms with Gasteiger partial charge in [-0.05, 0) is 31.2 Å². The highest BCUT2D eigenvalue weighted by molar-refractivity contribution is 7.89. The number of imide groups is 1. The third kappa shape index (κ3) is 2.50. The Labute approximate surface area is 116 Å². The first-order valence-electron chi connectivity index (χ1n) is 5.78. The van der Waals surface area contributed by atoms with E-state index in [1.165, 1.54) is 31.2 Å². The Morgan fingerprint density at radius 1 is 1.30 bits per heavy atom. The molecule has 4 N–H and O–H groups in total. The molecular weight excluding hydrogens is 284 g/mol. The van der Waals surface area contributed by atoms with Gasteiger partial charge in [-0.25, -0.2) is 8.42 Å². The lowest BCUT2D eigenvalue weighted by Gasteiger charge is -2.30. The number of hydrogen-bond donors (Lipinski definition) is 3. The van der Waals surface area contributed by atoms with E-state index in [0.29, 0.717) is 5.69 Å². The Morgan fingerprint density at radius 3 is 2.45 bits per heavy atom. The number of nitrogens with one attached hydrogen (secondary N) is 2. The van der Waals surface area contributed by atoms with Crippen LogP contribution in [0.1, 0.15) is 6.92 Å². The Hall–Kier alpha value is -1.97. The Morgan fingerprint density at radius 2 is 1.90 bits per heavy atom. The second kappa shape index (κ2) is 5.19. The summed E-state index contributed by atoms with van der Waals surface area (Å²) < 4.78 is 25.7. The lowest BCUT2D eigenvalue weighted by atomic mass is 10.2. The summed E-state index contributed by atoms with van der Waals surface area (Å²) in [5.74, 6) is 3.93. The Balaban J connectivity index is 2.37. The van der Waals surface area contributed by atoms with Crippen LogP contribution in [0.4, 0.5) is 5.69 Å². The van der Waals surface area contributed by atoms with Crippen LogP contribution >= 0.6 is 0 Å². The van der Waals surface area contributed by atoms with Crippen molar-refractivity contribution in [3.63, 3.8) is 0 Å². The van der Waals surface area contributed by atoms with Gasteiger partial charge in [0.05, 0.1) is 11.4 Å². The summed E-state index contributed by atoms with van der Waals surface area (Å²) in [5, 5.41) is 2.09. The molecule has 1 saturated heterocycles. The first-order chi connectivity index (χ1) is 9.36. The maximum absolute atomic E-state index is 12.4. The van der Waals surface area contributed by atoms with Gasteiger partial charge in [-0.1, -0.05) is 0 Å². The molecule has 1 unspecified atom stereocenters. The molecule has 0 aromatic heterocycles. The zero-order valence-electron chi connectivity index (χ0n) is 10.7. The Bertz CT molecular complexity index is 641. The number of amides is 2. The van der Waals surface area contributed by atoms with Gasteiger partial charge in [0.25, 0.3) is 0 Å². The van der Waals surface area contributed by atoms with Gasteiger partial charge in [0, 0.05) is 5.69 Å². The topological polar surface area (TPSA) is 122 Å². The number of hydrazine groups is 1. The first kappa shape index (κ1) is 14.4. The lowest BCUT2D eigenvalue weighted by molar-refractivity contribution is -0.136. The number of carbonyl (C=O) groups is 2. The van der Waals surface area contributed by atoms with Crippen LogP contribution in [-0.2, 0) is 19.6 Å². The third-order valence-electron chi connectivity index (χ3n) is 3.00. The number of hydrogen-bond acceptors (Lipinski definition) is 6. The Kier molecular flexibility index (Phi) is 3.75. The fraction of sp³-hybridized carbons (Fsp3) is 0.273. The van der Waals surface area contributed by atoms with Gasteiger partial charge < -0.3 is 5.43 Å². The fourth-order valence-electron chi connectivity index (χ4n) is 1.84. The number of carbonyl (C=O) groups excluding carboxylic acids is 2. The summed E-state index contributed by atoms with van der Waals surface area (Å²) in [6.07, 6.45) is 0. The maximum Gasteiger partial charge on any atom is 0.244 e. The minimum absolute atomic E-state index is 0.00847. The summed E-state index contributed by atoms with van der Waals surface area (Å²) in [4.78, 5) is 22.9. The molecule has 1 aliphatic heterocycles. The molecule has 0 bridgehead atoms. The monoisotopic (exact) mass is 298 g/mol. The van der Waals surface area contributed by atoms with Crippen molar-refractivity contribution in [3.05, 3.63) is 24.3 Å². The summed E-state index contributed by atoms with van der Waals surface area (Å²) in [5.41, 5.74) is 2.93. The van der Waals surface area contributed by atoms with Crippen LogP contribution in [0.2, 0.25) is 0 Å². The molecule has 0 spiro atoms. The summed E-state index contributed by atoms with van der Waals surface area (Å²) in [6, 6.07) is 4.75. The zero-order valence-corrected chi connectivity index (χ0v) is 11.5. The zero-order chi connectivity index (χ0) is 14.9. The number of benzene rings is 1. The van der Waals surface area contributed by atoms with Crippen molar-refractivity contribution in [1.29, 1.82) is 0 Å². The van der Waals surface area contributed by atoms with Crippen molar-refractivity contribution in [2.24, 2.45) is 5.84 Å². The number of nitrogen functional groups attached to an aromatic ring is 1. The van der Waals surface area contributed by atoms with E-state index >= 15 is 0 Å². The van der Waals surface area contributed by atoms with E-state index in [1.54, 1.807) is 0 Å². The average molecular weight is 298 g/mol. The highest BCUT2D eigenvalue weighted by atomic mass is 32.2. The largest absolute Gasteiger partial charge is 0.324 e. The quantitative estimate of drug-likeness (QED) is 0.374. The molecule has 20 heavy (non-hydrogen) atoms. The molecule has 1 atom stereocenters. The van der Waals surface area contributed by atoms with Gasteiger partial charge >= 0.3 is 0 Å². The normalized spacial score (nSPS) is 20.6. The van der Waals surface area contributed by atoms with Gasteiger partial charge in [0.1, 0.15) is 6.04 Å². The molecule has 0 aliphatic carbocycles. The minimum atomic E-state index is -3.92. The third-order valence-corrected chi connectivity index (χ3v) is 4.93. The van der Waals surface area contributed by atoms with E-state index in [2.05, 4.69) is 10.7 Å². The van der Waals surface area contributed by atoms with Crippen molar-refractivity contribution < 1.29 is 18.0 Å². The van der Waals surface area contributed by atoms with Crippen molar-refractivity contribution in [2.75, 3.05) is 12.0 Å². The highest BCUT2D eigenvalue weighted by Crippen LogP contribution is 2.21. The maximum atomic E-state index is 12.4. The molecule has 2 rings (SSSR count). The number of rotatable bonds is 3. The molecule has 1 fully saturated rings. The van der Waals surface area contributed by atoms with Crippen LogP contribution in [-0.4, -0.2) is 37.1 Å². The number of piperazine rings is 1. The molecule has 0 radical (unpaired) electrons.